The third-order valence-electron chi connectivity index (χ3n) is 4.59. The molecule has 0 aliphatic carbocycles. The summed E-state index contributed by atoms with van der Waals surface area (Å²) in [4.78, 5) is 17.0. The van der Waals surface area contributed by atoms with E-state index in [2.05, 4.69) is 22.4 Å². The first-order valence-corrected chi connectivity index (χ1v) is 9.68. The van der Waals surface area contributed by atoms with Crippen LogP contribution in [-0.2, 0) is 4.79 Å². The Labute approximate surface area is 163 Å². The van der Waals surface area contributed by atoms with Gasteiger partial charge in [0.05, 0.1) is 16.8 Å². The van der Waals surface area contributed by atoms with Gasteiger partial charge in [0, 0.05) is 11.1 Å². The number of nitrogens with zero attached hydrogens (tertiary/aromatic N) is 2. The van der Waals surface area contributed by atoms with Crippen molar-refractivity contribution in [2.75, 3.05) is 11.1 Å². The number of hydrogen-bond acceptors (Lipinski definition) is 4. The van der Waals surface area contributed by atoms with E-state index in [1.165, 1.54) is 11.8 Å². The van der Waals surface area contributed by atoms with Gasteiger partial charge in [-0.1, -0.05) is 30.0 Å². The fourth-order valence-corrected chi connectivity index (χ4v) is 3.77. The van der Waals surface area contributed by atoms with Crippen LogP contribution < -0.4 is 5.32 Å². The normalized spacial score (nSPS) is 10.6. The minimum absolute atomic E-state index is 0.111. The molecule has 0 bridgehead atoms. The number of nitrogens with one attached hydrogen (secondary N) is 1. The predicted molar refractivity (Wildman–Crippen MR) is 111 cm³/mol. The number of fused-ring (bicyclic) bond motifs is 1. The Kier molecular flexibility index (Phi) is 5.48. The summed E-state index contributed by atoms with van der Waals surface area (Å²) in [7, 11) is 0. The quantitative estimate of drug-likeness (QED) is 0.647. The molecule has 0 fully saturated rings. The van der Waals surface area contributed by atoms with E-state index in [1.54, 1.807) is 0 Å². The van der Waals surface area contributed by atoms with Crippen molar-refractivity contribution < 1.29 is 4.79 Å². The third-order valence-corrected chi connectivity index (χ3v) is 5.58. The average Bonchev–Trinajstić information content (AvgIpc) is 2.63. The van der Waals surface area contributed by atoms with E-state index in [4.69, 9.17) is 0 Å². The molecule has 0 aliphatic rings. The minimum atomic E-state index is -0.111. The van der Waals surface area contributed by atoms with Crippen LogP contribution in [0.15, 0.2) is 41.4 Å². The van der Waals surface area contributed by atoms with E-state index in [-0.39, 0.29) is 11.7 Å². The van der Waals surface area contributed by atoms with Crippen molar-refractivity contribution in [1.82, 2.24) is 4.98 Å². The van der Waals surface area contributed by atoms with Crippen LogP contribution in [0.1, 0.15) is 27.8 Å². The number of hydrogen-bond donors (Lipinski definition) is 1. The summed E-state index contributed by atoms with van der Waals surface area (Å²) in [5, 5.41) is 14.0. The van der Waals surface area contributed by atoms with Crippen molar-refractivity contribution in [3.05, 3.63) is 64.2 Å². The summed E-state index contributed by atoms with van der Waals surface area (Å²) >= 11 is 1.29. The van der Waals surface area contributed by atoms with Crippen molar-refractivity contribution in [3.63, 3.8) is 0 Å². The van der Waals surface area contributed by atoms with Gasteiger partial charge in [0.1, 0.15) is 11.1 Å². The number of carbonyl (C=O) groups excluding carboxylic acids is 1. The number of benzene rings is 2. The zero-order valence-corrected chi connectivity index (χ0v) is 16.7. The zero-order valence-electron chi connectivity index (χ0n) is 15.9. The second-order valence-electron chi connectivity index (χ2n) is 6.69. The number of thioether (sulfide) groups is 1. The standard InChI is InChI=1S/C22H21N3OS/c1-13-8-15(3)18-10-17(11-23)22(25-20(18)9-13)27-12-21(26)24-19-7-5-6-14(2)16(19)4/h5-10H,12H2,1-4H3,(H,24,26). The molecule has 3 rings (SSSR count). The highest BCUT2D eigenvalue weighted by atomic mass is 32.2. The lowest BCUT2D eigenvalue weighted by Crippen LogP contribution is -2.15. The monoisotopic (exact) mass is 375 g/mol. The number of pyridine rings is 1. The molecule has 1 heterocycles. The van der Waals surface area contributed by atoms with Crippen LogP contribution in [0.4, 0.5) is 5.69 Å². The smallest absolute Gasteiger partial charge is 0.234 e. The Morgan fingerprint density at radius 1 is 1.15 bits per heavy atom. The number of nitriles is 1. The average molecular weight is 375 g/mol. The van der Waals surface area contributed by atoms with Crippen molar-refractivity contribution >= 4 is 34.3 Å². The molecule has 1 aromatic heterocycles. The molecule has 27 heavy (non-hydrogen) atoms. The van der Waals surface area contributed by atoms with Crippen LogP contribution in [0.25, 0.3) is 10.9 Å². The van der Waals surface area contributed by atoms with Gasteiger partial charge in [0.15, 0.2) is 0 Å². The fraction of sp³-hybridized carbons (Fsp3) is 0.227. The van der Waals surface area contributed by atoms with E-state index >= 15 is 0 Å². The molecule has 0 aliphatic heterocycles. The Balaban J connectivity index is 1.81. The Morgan fingerprint density at radius 3 is 2.67 bits per heavy atom. The maximum Gasteiger partial charge on any atom is 0.234 e. The highest BCUT2D eigenvalue weighted by Crippen LogP contribution is 2.27. The molecule has 3 aromatic rings. The molecule has 5 heteroatoms. The van der Waals surface area contributed by atoms with Gasteiger partial charge in [-0.3, -0.25) is 4.79 Å². The maximum absolute atomic E-state index is 12.4. The summed E-state index contributed by atoms with van der Waals surface area (Å²) in [6, 6.07) is 14.0. The lowest BCUT2D eigenvalue weighted by molar-refractivity contribution is -0.113. The third kappa shape index (κ3) is 4.12. The SMILES string of the molecule is Cc1cc(C)c2cc(C#N)c(SCC(=O)Nc3cccc(C)c3C)nc2c1. The van der Waals surface area contributed by atoms with E-state index in [9.17, 15) is 10.1 Å². The molecule has 0 radical (unpaired) electrons. The van der Waals surface area contributed by atoms with Gasteiger partial charge in [-0.2, -0.15) is 5.26 Å². The number of anilines is 1. The number of carbonyl (C=O) groups is 1. The van der Waals surface area contributed by atoms with E-state index in [1.807, 2.05) is 58.0 Å². The molecule has 0 saturated heterocycles. The molecule has 1 amide bonds. The number of aryl methyl sites for hydroxylation is 3. The fourth-order valence-electron chi connectivity index (χ4n) is 3.01. The number of aromatic nitrogens is 1. The summed E-state index contributed by atoms with van der Waals surface area (Å²) in [6.07, 6.45) is 0. The highest BCUT2D eigenvalue weighted by molar-refractivity contribution is 8.00. The minimum Gasteiger partial charge on any atom is -0.325 e. The van der Waals surface area contributed by atoms with Crippen molar-refractivity contribution in [2.45, 2.75) is 32.7 Å². The summed E-state index contributed by atoms with van der Waals surface area (Å²) in [5.74, 6) is 0.0886. The van der Waals surface area contributed by atoms with Gasteiger partial charge in [0.2, 0.25) is 5.91 Å². The van der Waals surface area contributed by atoms with Crippen molar-refractivity contribution in [2.24, 2.45) is 0 Å². The number of amides is 1. The van der Waals surface area contributed by atoms with E-state index in [0.29, 0.717) is 10.6 Å². The molecule has 0 unspecified atom stereocenters. The Bertz CT molecular complexity index is 1080. The van der Waals surface area contributed by atoms with Gasteiger partial charge in [-0.25, -0.2) is 4.98 Å². The van der Waals surface area contributed by atoms with Crippen molar-refractivity contribution in [3.8, 4) is 6.07 Å². The Morgan fingerprint density at radius 2 is 1.93 bits per heavy atom. The summed E-state index contributed by atoms with van der Waals surface area (Å²) < 4.78 is 0. The predicted octanol–water partition coefficient (Wildman–Crippen LogP) is 5.07. The summed E-state index contributed by atoms with van der Waals surface area (Å²) in [6.45, 7) is 8.04. The molecule has 1 N–H and O–H groups in total. The zero-order chi connectivity index (χ0) is 19.6. The molecular formula is C22H21N3OS. The van der Waals surface area contributed by atoms with Gasteiger partial charge < -0.3 is 5.32 Å². The van der Waals surface area contributed by atoms with Crippen LogP contribution in [0.3, 0.4) is 0 Å². The largest absolute Gasteiger partial charge is 0.325 e. The first kappa shape index (κ1) is 18.9. The van der Waals surface area contributed by atoms with Crippen LogP contribution in [0.5, 0.6) is 0 Å². The molecule has 0 atom stereocenters. The Hall–Kier alpha value is -2.84. The van der Waals surface area contributed by atoms with E-state index < -0.39 is 0 Å². The topological polar surface area (TPSA) is 65.8 Å². The molecule has 136 valence electrons. The summed E-state index contributed by atoms with van der Waals surface area (Å²) in [5.41, 5.74) is 6.58. The first-order valence-electron chi connectivity index (χ1n) is 8.70. The van der Waals surface area contributed by atoms with Crippen LogP contribution in [0, 0.1) is 39.0 Å². The van der Waals surface area contributed by atoms with Crippen LogP contribution in [-0.4, -0.2) is 16.6 Å². The van der Waals surface area contributed by atoms with Gasteiger partial charge in [-0.15, -0.1) is 0 Å². The van der Waals surface area contributed by atoms with Gasteiger partial charge >= 0.3 is 0 Å². The van der Waals surface area contributed by atoms with Crippen LogP contribution >= 0.6 is 11.8 Å². The molecule has 4 nitrogen and oxygen atoms in total. The molecule has 0 saturated carbocycles. The first-order chi connectivity index (χ1) is 12.9. The second kappa shape index (κ2) is 7.81. The van der Waals surface area contributed by atoms with Crippen LogP contribution in [0.2, 0.25) is 0 Å². The lowest BCUT2D eigenvalue weighted by Gasteiger charge is -2.11. The molecule has 2 aromatic carbocycles. The van der Waals surface area contributed by atoms with Crippen molar-refractivity contribution in [1.29, 1.82) is 5.26 Å². The highest BCUT2D eigenvalue weighted by Gasteiger charge is 2.12. The van der Waals surface area contributed by atoms with E-state index in [0.717, 1.165) is 38.8 Å². The molecule has 0 spiro atoms. The lowest BCUT2D eigenvalue weighted by atomic mass is 10.1. The van der Waals surface area contributed by atoms with Gasteiger partial charge in [0.25, 0.3) is 0 Å². The van der Waals surface area contributed by atoms with Gasteiger partial charge in [-0.05, 0) is 68.1 Å². The maximum atomic E-state index is 12.4. The second-order valence-corrected chi connectivity index (χ2v) is 7.65. The molecular weight excluding hydrogens is 354 g/mol. The number of rotatable bonds is 4.